The standard InChI is InChI=1S/C10H23N3/c1-11-5-3-2-4-8-13-9-6-12-7-10-13/h11-12H,2-10H2,1H3. The van der Waals surface area contributed by atoms with Crippen molar-refractivity contribution in [3.63, 3.8) is 0 Å². The SMILES string of the molecule is CNCCCCCN1CCNCC1. The first-order valence-corrected chi connectivity index (χ1v) is 5.51. The number of nitrogens with one attached hydrogen (secondary N) is 2. The van der Waals surface area contributed by atoms with E-state index in [0.29, 0.717) is 0 Å². The van der Waals surface area contributed by atoms with Crippen LogP contribution in [0.2, 0.25) is 0 Å². The molecule has 0 saturated carbocycles. The Labute approximate surface area is 81.9 Å². The van der Waals surface area contributed by atoms with Crippen LogP contribution in [0, 0.1) is 0 Å². The molecule has 0 aromatic carbocycles. The van der Waals surface area contributed by atoms with Crippen LogP contribution in [0.3, 0.4) is 0 Å². The molecule has 13 heavy (non-hydrogen) atoms. The van der Waals surface area contributed by atoms with Crippen LogP contribution in [0.5, 0.6) is 0 Å². The molecule has 3 nitrogen and oxygen atoms in total. The summed E-state index contributed by atoms with van der Waals surface area (Å²) >= 11 is 0. The molecule has 1 aliphatic rings. The molecule has 1 saturated heterocycles. The zero-order valence-corrected chi connectivity index (χ0v) is 8.81. The third-order valence-corrected chi connectivity index (χ3v) is 2.61. The molecule has 78 valence electrons. The number of nitrogens with zero attached hydrogens (tertiary/aromatic N) is 1. The fourth-order valence-electron chi connectivity index (χ4n) is 1.75. The lowest BCUT2D eigenvalue weighted by Crippen LogP contribution is -2.43. The predicted octanol–water partition coefficient (Wildman–Crippen LogP) is 0.281. The van der Waals surface area contributed by atoms with Gasteiger partial charge in [0.15, 0.2) is 0 Å². The molecule has 0 spiro atoms. The van der Waals surface area contributed by atoms with Crippen molar-refractivity contribution in [3.05, 3.63) is 0 Å². The first kappa shape index (κ1) is 11.0. The molecule has 1 aliphatic heterocycles. The van der Waals surface area contributed by atoms with E-state index in [2.05, 4.69) is 15.5 Å². The number of hydrogen-bond acceptors (Lipinski definition) is 3. The van der Waals surface area contributed by atoms with Crippen molar-refractivity contribution in [1.29, 1.82) is 0 Å². The van der Waals surface area contributed by atoms with Crippen molar-refractivity contribution in [2.75, 3.05) is 46.3 Å². The van der Waals surface area contributed by atoms with E-state index in [4.69, 9.17) is 0 Å². The molecule has 0 aromatic heterocycles. The van der Waals surface area contributed by atoms with Gasteiger partial charge in [-0.05, 0) is 33.0 Å². The maximum Gasteiger partial charge on any atom is 0.0107 e. The van der Waals surface area contributed by atoms with Crippen LogP contribution in [0.15, 0.2) is 0 Å². The van der Waals surface area contributed by atoms with Gasteiger partial charge < -0.3 is 15.5 Å². The Morgan fingerprint density at radius 3 is 2.62 bits per heavy atom. The minimum atomic E-state index is 1.17. The molecule has 2 N–H and O–H groups in total. The maximum atomic E-state index is 3.37. The van der Waals surface area contributed by atoms with Crippen LogP contribution in [0.4, 0.5) is 0 Å². The molecule has 1 rings (SSSR count). The van der Waals surface area contributed by atoms with Crippen LogP contribution in [0.1, 0.15) is 19.3 Å². The monoisotopic (exact) mass is 185 g/mol. The summed E-state index contributed by atoms with van der Waals surface area (Å²) in [5.74, 6) is 0. The average Bonchev–Trinajstić information content (AvgIpc) is 2.19. The second-order valence-electron chi connectivity index (χ2n) is 3.76. The molecule has 0 aliphatic carbocycles. The molecule has 0 unspecified atom stereocenters. The van der Waals surface area contributed by atoms with E-state index in [1.54, 1.807) is 0 Å². The van der Waals surface area contributed by atoms with Gasteiger partial charge in [0.05, 0.1) is 0 Å². The quantitative estimate of drug-likeness (QED) is 0.582. The highest BCUT2D eigenvalue weighted by Crippen LogP contribution is 1.99. The Morgan fingerprint density at radius 2 is 1.92 bits per heavy atom. The van der Waals surface area contributed by atoms with E-state index >= 15 is 0 Å². The molecule has 0 amide bonds. The highest BCUT2D eigenvalue weighted by molar-refractivity contribution is 4.67. The van der Waals surface area contributed by atoms with Gasteiger partial charge in [0.2, 0.25) is 0 Å². The first-order chi connectivity index (χ1) is 6.43. The number of piperazine rings is 1. The van der Waals surface area contributed by atoms with Gasteiger partial charge in [0, 0.05) is 26.2 Å². The van der Waals surface area contributed by atoms with Gasteiger partial charge in [-0.15, -0.1) is 0 Å². The van der Waals surface area contributed by atoms with Crippen LogP contribution in [-0.4, -0.2) is 51.2 Å². The number of unbranched alkanes of at least 4 members (excludes halogenated alkanes) is 2. The van der Waals surface area contributed by atoms with Gasteiger partial charge in [0.1, 0.15) is 0 Å². The van der Waals surface area contributed by atoms with Crippen molar-refractivity contribution < 1.29 is 0 Å². The smallest absolute Gasteiger partial charge is 0.0107 e. The minimum absolute atomic E-state index is 1.17. The zero-order chi connectivity index (χ0) is 9.36. The Morgan fingerprint density at radius 1 is 1.15 bits per heavy atom. The predicted molar refractivity (Wildman–Crippen MR) is 57.1 cm³/mol. The van der Waals surface area contributed by atoms with Crippen molar-refractivity contribution in [2.45, 2.75) is 19.3 Å². The van der Waals surface area contributed by atoms with Gasteiger partial charge >= 0.3 is 0 Å². The third-order valence-electron chi connectivity index (χ3n) is 2.61. The van der Waals surface area contributed by atoms with E-state index in [0.717, 1.165) is 0 Å². The molecule has 1 heterocycles. The maximum absolute atomic E-state index is 3.37. The van der Waals surface area contributed by atoms with Gasteiger partial charge in [-0.3, -0.25) is 0 Å². The summed E-state index contributed by atoms with van der Waals surface area (Å²) < 4.78 is 0. The molecular formula is C10H23N3. The van der Waals surface area contributed by atoms with Crippen LogP contribution >= 0.6 is 0 Å². The lowest BCUT2D eigenvalue weighted by atomic mass is 10.2. The van der Waals surface area contributed by atoms with Crippen LogP contribution in [0.25, 0.3) is 0 Å². The highest BCUT2D eigenvalue weighted by atomic mass is 15.2. The number of rotatable bonds is 6. The Balaban J connectivity index is 1.86. The topological polar surface area (TPSA) is 27.3 Å². The first-order valence-electron chi connectivity index (χ1n) is 5.51. The second kappa shape index (κ2) is 7.30. The molecule has 0 aromatic rings. The van der Waals surface area contributed by atoms with Crippen LogP contribution < -0.4 is 10.6 Å². The van der Waals surface area contributed by atoms with E-state index in [9.17, 15) is 0 Å². The van der Waals surface area contributed by atoms with Gasteiger partial charge in [-0.2, -0.15) is 0 Å². The van der Waals surface area contributed by atoms with Crippen LogP contribution in [-0.2, 0) is 0 Å². The largest absolute Gasteiger partial charge is 0.320 e. The summed E-state index contributed by atoms with van der Waals surface area (Å²) in [6, 6.07) is 0. The summed E-state index contributed by atoms with van der Waals surface area (Å²) in [4.78, 5) is 2.57. The molecule has 0 radical (unpaired) electrons. The summed E-state index contributed by atoms with van der Waals surface area (Å²) in [6.07, 6.45) is 4.05. The van der Waals surface area contributed by atoms with E-state index in [1.165, 1.54) is 58.5 Å². The summed E-state index contributed by atoms with van der Waals surface area (Å²) in [6.45, 7) is 7.30. The van der Waals surface area contributed by atoms with E-state index in [-0.39, 0.29) is 0 Å². The third kappa shape index (κ3) is 5.24. The molecule has 3 heteroatoms. The van der Waals surface area contributed by atoms with E-state index in [1.807, 2.05) is 7.05 Å². The van der Waals surface area contributed by atoms with Gasteiger partial charge in [0.25, 0.3) is 0 Å². The Kier molecular flexibility index (Phi) is 6.15. The van der Waals surface area contributed by atoms with Gasteiger partial charge in [-0.25, -0.2) is 0 Å². The Hall–Kier alpha value is -0.120. The lowest BCUT2D eigenvalue weighted by Gasteiger charge is -2.26. The Bertz CT molecular complexity index is 111. The minimum Gasteiger partial charge on any atom is -0.320 e. The molecule has 0 atom stereocenters. The fourth-order valence-corrected chi connectivity index (χ4v) is 1.75. The van der Waals surface area contributed by atoms with E-state index < -0.39 is 0 Å². The molecule has 1 fully saturated rings. The lowest BCUT2D eigenvalue weighted by molar-refractivity contribution is 0.236. The number of hydrogen-bond donors (Lipinski definition) is 2. The van der Waals surface area contributed by atoms with Crippen molar-refractivity contribution in [2.24, 2.45) is 0 Å². The normalized spacial score (nSPS) is 19.2. The molecule has 0 bridgehead atoms. The average molecular weight is 185 g/mol. The summed E-state index contributed by atoms with van der Waals surface area (Å²) in [7, 11) is 2.02. The second-order valence-corrected chi connectivity index (χ2v) is 3.76. The summed E-state index contributed by atoms with van der Waals surface area (Å²) in [5, 5.41) is 6.56. The van der Waals surface area contributed by atoms with Crippen molar-refractivity contribution in [1.82, 2.24) is 15.5 Å². The summed E-state index contributed by atoms with van der Waals surface area (Å²) in [5.41, 5.74) is 0. The highest BCUT2D eigenvalue weighted by Gasteiger charge is 2.07. The fraction of sp³-hybridized carbons (Fsp3) is 1.00. The van der Waals surface area contributed by atoms with Gasteiger partial charge in [-0.1, -0.05) is 6.42 Å². The zero-order valence-electron chi connectivity index (χ0n) is 8.81. The van der Waals surface area contributed by atoms with Crippen molar-refractivity contribution >= 4 is 0 Å². The molecular weight excluding hydrogens is 162 g/mol. The van der Waals surface area contributed by atoms with Crippen molar-refractivity contribution in [3.8, 4) is 0 Å².